The molecule has 0 aliphatic carbocycles. The van der Waals surface area contributed by atoms with Gasteiger partial charge in [-0.05, 0) is 44.0 Å². The first kappa shape index (κ1) is 21.7. The molecule has 0 saturated heterocycles. The zero-order valence-electron chi connectivity index (χ0n) is 17.6. The van der Waals surface area contributed by atoms with Gasteiger partial charge in [0, 0.05) is 28.5 Å². The fourth-order valence-corrected chi connectivity index (χ4v) is 3.70. The number of nitrogens with one attached hydrogen (secondary N) is 1. The fraction of sp³-hybridized carbons (Fsp3) is 0.250. The number of amides is 2. The van der Waals surface area contributed by atoms with Crippen LogP contribution in [0, 0.1) is 20.8 Å². The van der Waals surface area contributed by atoms with Crippen molar-refractivity contribution >= 4 is 39.9 Å². The minimum absolute atomic E-state index is 0.0592. The van der Waals surface area contributed by atoms with Crippen LogP contribution in [-0.4, -0.2) is 36.9 Å². The Morgan fingerprint density at radius 3 is 2.30 bits per heavy atom. The third-order valence-corrected chi connectivity index (χ3v) is 5.26. The van der Waals surface area contributed by atoms with Gasteiger partial charge in [-0.25, -0.2) is 0 Å². The molecule has 5 nitrogen and oxygen atoms in total. The topological polar surface area (TPSA) is 58.6 Å². The summed E-state index contributed by atoms with van der Waals surface area (Å²) >= 11 is 6.22. The van der Waals surface area contributed by atoms with Gasteiger partial charge >= 0.3 is 0 Å². The molecule has 1 N–H and O–H groups in total. The summed E-state index contributed by atoms with van der Waals surface area (Å²) in [6, 6.07) is 15.1. The molecule has 30 heavy (non-hydrogen) atoms. The molecule has 0 atom stereocenters. The van der Waals surface area contributed by atoms with Gasteiger partial charge in [-0.15, -0.1) is 0 Å². The summed E-state index contributed by atoms with van der Waals surface area (Å²) in [5.74, 6) is 0.0338. The van der Waals surface area contributed by atoms with Gasteiger partial charge in [-0.3, -0.25) is 9.59 Å². The number of carbonyl (C=O) groups excluding carboxylic acids is 2. The molecule has 156 valence electrons. The van der Waals surface area contributed by atoms with E-state index in [4.69, 9.17) is 16.3 Å². The van der Waals surface area contributed by atoms with Gasteiger partial charge in [0.25, 0.3) is 5.91 Å². The largest absolute Gasteiger partial charge is 0.483 e. The average Bonchev–Trinajstić information content (AvgIpc) is 2.70. The number of aryl methyl sites for hydroxylation is 3. The van der Waals surface area contributed by atoms with Gasteiger partial charge in [-0.2, -0.15) is 0 Å². The van der Waals surface area contributed by atoms with E-state index in [1.165, 1.54) is 4.90 Å². The highest BCUT2D eigenvalue weighted by Crippen LogP contribution is 2.31. The van der Waals surface area contributed by atoms with Crippen molar-refractivity contribution in [2.24, 2.45) is 0 Å². The SMILES string of the molecule is Cc1cc(C)c(NC(=O)CN(C)C(=O)COc2ccc(Cl)c3ccccc23)c(C)c1. The Morgan fingerprint density at radius 2 is 1.63 bits per heavy atom. The van der Waals surface area contributed by atoms with Crippen LogP contribution in [-0.2, 0) is 9.59 Å². The number of halogens is 1. The second-order valence-electron chi connectivity index (χ2n) is 7.45. The van der Waals surface area contributed by atoms with Crippen LogP contribution in [0.15, 0.2) is 48.5 Å². The number of fused-ring (bicyclic) bond motifs is 1. The maximum absolute atomic E-state index is 12.5. The predicted octanol–water partition coefficient (Wildman–Crippen LogP) is 4.89. The Hall–Kier alpha value is -3.05. The first-order valence-corrected chi connectivity index (χ1v) is 10.1. The molecule has 0 aliphatic rings. The number of hydrogen-bond donors (Lipinski definition) is 1. The normalized spacial score (nSPS) is 10.7. The van der Waals surface area contributed by atoms with Gasteiger partial charge < -0.3 is 15.0 Å². The molecule has 3 aromatic carbocycles. The Bertz CT molecular complexity index is 1090. The molecule has 0 spiro atoms. The number of rotatable bonds is 6. The molecule has 0 fully saturated rings. The Labute approximate surface area is 181 Å². The van der Waals surface area contributed by atoms with Crippen LogP contribution in [0.5, 0.6) is 5.75 Å². The van der Waals surface area contributed by atoms with Gasteiger partial charge in [0.1, 0.15) is 5.75 Å². The van der Waals surface area contributed by atoms with Crippen molar-refractivity contribution in [3.05, 3.63) is 70.2 Å². The van der Waals surface area contributed by atoms with Gasteiger partial charge in [0.05, 0.1) is 6.54 Å². The molecule has 0 aliphatic heterocycles. The van der Waals surface area contributed by atoms with Crippen molar-refractivity contribution in [1.29, 1.82) is 0 Å². The highest BCUT2D eigenvalue weighted by molar-refractivity contribution is 6.35. The van der Waals surface area contributed by atoms with E-state index >= 15 is 0 Å². The van der Waals surface area contributed by atoms with Crippen LogP contribution in [0.3, 0.4) is 0 Å². The molecular weight excluding hydrogens is 400 g/mol. The molecule has 0 saturated carbocycles. The van der Waals surface area contributed by atoms with E-state index in [1.807, 2.05) is 57.2 Å². The average molecular weight is 425 g/mol. The van der Waals surface area contributed by atoms with E-state index in [2.05, 4.69) is 5.32 Å². The van der Waals surface area contributed by atoms with Crippen LogP contribution in [0.25, 0.3) is 10.8 Å². The van der Waals surface area contributed by atoms with Crippen LogP contribution in [0.2, 0.25) is 5.02 Å². The van der Waals surface area contributed by atoms with Crippen molar-refractivity contribution in [2.75, 3.05) is 25.5 Å². The Morgan fingerprint density at radius 1 is 1.00 bits per heavy atom. The van der Waals surface area contributed by atoms with E-state index in [0.29, 0.717) is 10.8 Å². The molecular formula is C24H25ClN2O3. The van der Waals surface area contributed by atoms with Crippen LogP contribution < -0.4 is 10.1 Å². The Balaban J connectivity index is 1.60. The number of hydrogen-bond acceptors (Lipinski definition) is 3. The summed E-state index contributed by atoms with van der Waals surface area (Å²) in [7, 11) is 1.58. The standard InChI is InChI=1S/C24H25ClN2O3/c1-15-11-16(2)24(17(3)12-15)26-22(28)13-27(4)23(29)14-30-21-10-9-20(25)18-7-5-6-8-19(18)21/h5-12H,13-14H2,1-4H3,(H,26,28). The van der Waals surface area contributed by atoms with Gasteiger partial charge in [0.2, 0.25) is 5.91 Å². The van der Waals surface area contributed by atoms with Gasteiger partial charge in [-0.1, -0.05) is 53.6 Å². The molecule has 0 radical (unpaired) electrons. The summed E-state index contributed by atoms with van der Waals surface area (Å²) in [4.78, 5) is 26.3. The zero-order valence-corrected chi connectivity index (χ0v) is 18.3. The predicted molar refractivity (Wildman–Crippen MR) is 121 cm³/mol. The minimum atomic E-state index is -0.290. The van der Waals surface area contributed by atoms with E-state index in [1.54, 1.807) is 19.2 Å². The third-order valence-electron chi connectivity index (χ3n) is 4.93. The second kappa shape index (κ2) is 9.18. The van der Waals surface area contributed by atoms with E-state index in [-0.39, 0.29) is 25.0 Å². The molecule has 3 aromatic rings. The molecule has 0 heterocycles. The molecule has 6 heteroatoms. The minimum Gasteiger partial charge on any atom is -0.483 e. The van der Waals surface area contributed by atoms with Crippen molar-refractivity contribution in [2.45, 2.75) is 20.8 Å². The molecule has 3 rings (SSSR count). The summed E-state index contributed by atoms with van der Waals surface area (Å²) in [6.45, 7) is 5.69. The zero-order chi connectivity index (χ0) is 21.8. The molecule has 0 bridgehead atoms. The fourth-order valence-electron chi connectivity index (χ4n) is 3.47. The van der Waals surface area contributed by atoms with Crippen molar-refractivity contribution in [3.8, 4) is 5.75 Å². The number of nitrogens with zero attached hydrogens (tertiary/aromatic N) is 1. The lowest BCUT2D eigenvalue weighted by Crippen LogP contribution is -2.37. The molecule has 0 aromatic heterocycles. The van der Waals surface area contributed by atoms with Crippen LogP contribution in [0.1, 0.15) is 16.7 Å². The summed E-state index contributed by atoms with van der Waals surface area (Å²) in [6.07, 6.45) is 0. The molecule has 0 unspecified atom stereocenters. The Kier molecular flexibility index (Phi) is 6.63. The summed E-state index contributed by atoms with van der Waals surface area (Å²) in [5, 5.41) is 5.23. The summed E-state index contributed by atoms with van der Waals surface area (Å²) in [5.41, 5.74) is 3.91. The first-order chi connectivity index (χ1) is 14.3. The number of ether oxygens (including phenoxy) is 1. The number of likely N-dealkylation sites (N-methyl/N-ethyl adjacent to an activating group) is 1. The second-order valence-corrected chi connectivity index (χ2v) is 7.86. The number of benzene rings is 3. The third kappa shape index (κ3) is 4.92. The molecule has 2 amide bonds. The quantitative estimate of drug-likeness (QED) is 0.612. The van der Waals surface area contributed by atoms with Crippen molar-refractivity contribution < 1.29 is 14.3 Å². The highest BCUT2D eigenvalue weighted by atomic mass is 35.5. The van der Waals surface area contributed by atoms with E-state index in [9.17, 15) is 9.59 Å². The highest BCUT2D eigenvalue weighted by Gasteiger charge is 2.16. The van der Waals surface area contributed by atoms with Crippen molar-refractivity contribution in [1.82, 2.24) is 4.90 Å². The maximum atomic E-state index is 12.5. The maximum Gasteiger partial charge on any atom is 0.260 e. The number of carbonyl (C=O) groups is 2. The first-order valence-electron chi connectivity index (χ1n) is 9.68. The van der Waals surface area contributed by atoms with Crippen LogP contribution >= 0.6 is 11.6 Å². The monoisotopic (exact) mass is 424 g/mol. The summed E-state index contributed by atoms with van der Waals surface area (Å²) < 4.78 is 5.73. The van der Waals surface area contributed by atoms with Gasteiger partial charge in [0.15, 0.2) is 6.61 Å². The lowest BCUT2D eigenvalue weighted by atomic mass is 10.1. The smallest absolute Gasteiger partial charge is 0.260 e. The lowest BCUT2D eigenvalue weighted by molar-refractivity contribution is -0.135. The van der Waals surface area contributed by atoms with E-state index < -0.39 is 0 Å². The van der Waals surface area contributed by atoms with Crippen molar-refractivity contribution in [3.63, 3.8) is 0 Å². The van der Waals surface area contributed by atoms with E-state index in [0.717, 1.165) is 33.2 Å². The number of anilines is 1. The van der Waals surface area contributed by atoms with Crippen LogP contribution in [0.4, 0.5) is 5.69 Å². The lowest BCUT2D eigenvalue weighted by Gasteiger charge is -2.19.